The monoisotopic (exact) mass is 350 g/mol. The summed E-state index contributed by atoms with van der Waals surface area (Å²) in [5.74, 6) is 0.750. The maximum Gasteiger partial charge on any atom is 0.0477 e. The number of anilines is 1. The molecule has 4 heteroatoms. The van der Waals surface area contributed by atoms with Crippen LogP contribution < -0.4 is 10.6 Å². The van der Waals surface area contributed by atoms with Gasteiger partial charge in [0.25, 0.3) is 0 Å². The SMILES string of the molecule is Clc1ccc(NCC2CCCNC2)c(I)c1. The molecule has 1 fully saturated rings. The first kappa shape index (κ1) is 12.5. The Morgan fingerprint density at radius 2 is 2.38 bits per heavy atom. The molecule has 2 rings (SSSR count). The molecule has 1 unspecified atom stereocenters. The first-order valence-electron chi connectivity index (χ1n) is 5.65. The Bertz CT molecular complexity index is 351. The highest BCUT2D eigenvalue weighted by molar-refractivity contribution is 14.1. The van der Waals surface area contributed by atoms with Gasteiger partial charge in [0.1, 0.15) is 0 Å². The Labute approximate surface area is 115 Å². The van der Waals surface area contributed by atoms with Crippen molar-refractivity contribution in [2.45, 2.75) is 12.8 Å². The van der Waals surface area contributed by atoms with Gasteiger partial charge in [-0.05, 0) is 72.6 Å². The number of piperidine rings is 1. The molecule has 88 valence electrons. The Morgan fingerprint density at radius 1 is 1.50 bits per heavy atom. The number of rotatable bonds is 3. The van der Waals surface area contributed by atoms with E-state index in [2.05, 4.69) is 39.3 Å². The summed E-state index contributed by atoms with van der Waals surface area (Å²) in [6, 6.07) is 5.98. The lowest BCUT2D eigenvalue weighted by Gasteiger charge is -2.23. The van der Waals surface area contributed by atoms with E-state index >= 15 is 0 Å². The van der Waals surface area contributed by atoms with E-state index in [0.29, 0.717) is 0 Å². The molecule has 1 aromatic carbocycles. The lowest BCUT2D eigenvalue weighted by Crippen LogP contribution is -2.33. The van der Waals surface area contributed by atoms with Crippen LogP contribution in [0.2, 0.25) is 5.02 Å². The zero-order chi connectivity index (χ0) is 11.4. The van der Waals surface area contributed by atoms with E-state index in [9.17, 15) is 0 Å². The standard InChI is InChI=1S/C12H16ClIN2/c13-10-3-4-12(11(14)6-10)16-8-9-2-1-5-15-7-9/h3-4,6,9,15-16H,1-2,5,7-8H2. The second-order valence-electron chi connectivity index (χ2n) is 4.22. The second-order valence-corrected chi connectivity index (χ2v) is 5.82. The predicted molar refractivity (Wildman–Crippen MR) is 78.3 cm³/mol. The highest BCUT2D eigenvalue weighted by atomic mass is 127. The van der Waals surface area contributed by atoms with E-state index in [0.717, 1.165) is 24.0 Å². The summed E-state index contributed by atoms with van der Waals surface area (Å²) in [6.45, 7) is 3.36. The highest BCUT2D eigenvalue weighted by Gasteiger charge is 2.12. The van der Waals surface area contributed by atoms with E-state index in [1.54, 1.807) is 0 Å². The smallest absolute Gasteiger partial charge is 0.0477 e. The summed E-state index contributed by atoms with van der Waals surface area (Å²) in [6.07, 6.45) is 2.62. The zero-order valence-electron chi connectivity index (χ0n) is 9.10. The van der Waals surface area contributed by atoms with Gasteiger partial charge in [-0.15, -0.1) is 0 Å². The molecule has 0 radical (unpaired) electrons. The molecule has 0 bridgehead atoms. The average molecular weight is 351 g/mol. The van der Waals surface area contributed by atoms with E-state index in [1.807, 2.05) is 12.1 Å². The molecule has 1 heterocycles. The van der Waals surface area contributed by atoms with Gasteiger partial charge in [0.2, 0.25) is 0 Å². The second kappa shape index (κ2) is 6.07. The van der Waals surface area contributed by atoms with Crippen molar-refractivity contribution in [3.8, 4) is 0 Å². The number of hydrogen-bond donors (Lipinski definition) is 2. The Balaban J connectivity index is 1.88. The summed E-state index contributed by atoms with van der Waals surface area (Å²) >= 11 is 8.24. The van der Waals surface area contributed by atoms with Crippen molar-refractivity contribution in [1.29, 1.82) is 0 Å². The zero-order valence-corrected chi connectivity index (χ0v) is 12.0. The number of benzene rings is 1. The fraction of sp³-hybridized carbons (Fsp3) is 0.500. The molecule has 0 spiro atoms. The van der Waals surface area contributed by atoms with Gasteiger partial charge in [0.15, 0.2) is 0 Å². The molecule has 16 heavy (non-hydrogen) atoms. The van der Waals surface area contributed by atoms with E-state index in [1.165, 1.54) is 28.6 Å². The molecular formula is C12H16ClIN2. The van der Waals surface area contributed by atoms with Crippen molar-refractivity contribution >= 4 is 39.9 Å². The van der Waals surface area contributed by atoms with E-state index in [4.69, 9.17) is 11.6 Å². The van der Waals surface area contributed by atoms with Crippen molar-refractivity contribution in [2.24, 2.45) is 5.92 Å². The van der Waals surface area contributed by atoms with Crippen LogP contribution >= 0.6 is 34.2 Å². The number of nitrogens with one attached hydrogen (secondary N) is 2. The molecule has 2 N–H and O–H groups in total. The molecule has 0 aliphatic carbocycles. The lowest BCUT2D eigenvalue weighted by molar-refractivity contribution is 0.393. The van der Waals surface area contributed by atoms with Crippen LogP contribution in [0.5, 0.6) is 0 Å². The Morgan fingerprint density at radius 3 is 3.06 bits per heavy atom. The van der Waals surface area contributed by atoms with Crippen LogP contribution in [-0.2, 0) is 0 Å². The Hall–Kier alpha value is -0.000000000000000111. The largest absolute Gasteiger partial charge is 0.384 e. The van der Waals surface area contributed by atoms with Crippen LogP contribution in [0.25, 0.3) is 0 Å². The van der Waals surface area contributed by atoms with Gasteiger partial charge in [-0.25, -0.2) is 0 Å². The third kappa shape index (κ3) is 3.50. The minimum Gasteiger partial charge on any atom is -0.384 e. The van der Waals surface area contributed by atoms with Gasteiger partial charge in [0.05, 0.1) is 0 Å². The molecule has 0 saturated carbocycles. The van der Waals surface area contributed by atoms with Crippen LogP contribution in [0.15, 0.2) is 18.2 Å². The van der Waals surface area contributed by atoms with Crippen LogP contribution in [0.4, 0.5) is 5.69 Å². The minimum atomic E-state index is 0.750. The molecule has 1 aromatic rings. The summed E-state index contributed by atoms with van der Waals surface area (Å²) in [4.78, 5) is 0. The number of hydrogen-bond acceptors (Lipinski definition) is 2. The summed E-state index contributed by atoms with van der Waals surface area (Å²) in [5.41, 5.74) is 1.19. The first-order chi connectivity index (χ1) is 7.75. The van der Waals surface area contributed by atoms with Crippen LogP contribution in [0.1, 0.15) is 12.8 Å². The third-order valence-electron chi connectivity index (χ3n) is 2.91. The van der Waals surface area contributed by atoms with Crippen LogP contribution in [0.3, 0.4) is 0 Å². The molecule has 0 amide bonds. The quantitative estimate of drug-likeness (QED) is 0.817. The highest BCUT2D eigenvalue weighted by Crippen LogP contribution is 2.23. The molecule has 2 nitrogen and oxygen atoms in total. The van der Waals surface area contributed by atoms with Crippen LogP contribution in [-0.4, -0.2) is 19.6 Å². The number of halogens is 2. The lowest BCUT2D eigenvalue weighted by atomic mass is 10.00. The molecule has 1 atom stereocenters. The van der Waals surface area contributed by atoms with Crippen molar-refractivity contribution < 1.29 is 0 Å². The fourth-order valence-electron chi connectivity index (χ4n) is 1.99. The van der Waals surface area contributed by atoms with Crippen molar-refractivity contribution in [1.82, 2.24) is 5.32 Å². The van der Waals surface area contributed by atoms with E-state index < -0.39 is 0 Å². The first-order valence-corrected chi connectivity index (χ1v) is 7.11. The normalized spacial score (nSPS) is 20.8. The topological polar surface area (TPSA) is 24.1 Å². The molecule has 0 aromatic heterocycles. The van der Waals surface area contributed by atoms with Gasteiger partial charge >= 0.3 is 0 Å². The van der Waals surface area contributed by atoms with Crippen LogP contribution in [0, 0.1) is 9.49 Å². The molecule has 1 saturated heterocycles. The van der Waals surface area contributed by atoms with Gasteiger partial charge in [-0.3, -0.25) is 0 Å². The maximum absolute atomic E-state index is 5.92. The summed E-state index contributed by atoms with van der Waals surface area (Å²) in [7, 11) is 0. The predicted octanol–water partition coefficient (Wildman–Crippen LogP) is 3.36. The molecular weight excluding hydrogens is 335 g/mol. The van der Waals surface area contributed by atoms with Gasteiger partial charge in [-0.2, -0.15) is 0 Å². The average Bonchev–Trinajstić information content (AvgIpc) is 2.29. The molecule has 1 aliphatic rings. The third-order valence-corrected chi connectivity index (χ3v) is 4.04. The van der Waals surface area contributed by atoms with Gasteiger partial charge < -0.3 is 10.6 Å². The van der Waals surface area contributed by atoms with E-state index in [-0.39, 0.29) is 0 Å². The summed E-state index contributed by atoms with van der Waals surface area (Å²) < 4.78 is 1.19. The fourth-order valence-corrected chi connectivity index (χ4v) is 3.05. The van der Waals surface area contributed by atoms with Crippen molar-refractivity contribution in [2.75, 3.05) is 25.0 Å². The minimum absolute atomic E-state index is 0.750. The van der Waals surface area contributed by atoms with Gasteiger partial charge in [0, 0.05) is 20.8 Å². The van der Waals surface area contributed by atoms with Gasteiger partial charge in [-0.1, -0.05) is 11.6 Å². The Kier molecular flexibility index (Phi) is 4.73. The summed E-state index contributed by atoms with van der Waals surface area (Å²) in [5, 5.41) is 7.74. The van der Waals surface area contributed by atoms with Crippen molar-refractivity contribution in [3.63, 3.8) is 0 Å². The maximum atomic E-state index is 5.92. The van der Waals surface area contributed by atoms with Crippen molar-refractivity contribution in [3.05, 3.63) is 26.8 Å². The molecule has 1 aliphatic heterocycles.